The lowest BCUT2D eigenvalue weighted by Gasteiger charge is -2.34. The van der Waals surface area contributed by atoms with Crippen LogP contribution in [0.25, 0.3) is 22.9 Å². The SMILES string of the molecule is Cc1ncsc1/C=C/c1ccc2c(=O)[nH]c(O)c(C=Nc3ccc(N4CCN(C)CC4)cc3)c2c1. The van der Waals surface area contributed by atoms with Crippen LogP contribution in [0.15, 0.2) is 57.8 Å². The molecule has 0 aliphatic carbocycles. The molecule has 0 atom stereocenters. The van der Waals surface area contributed by atoms with Gasteiger partial charge in [-0.05, 0) is 62.0 Å². The number of aryl methyl sites for hydroxylation is 1. The second kappa shape index (κ2) is 9.85. The lowest BCUT2D eigenvalue weighted by molar-refractivity contribution is 0.313. The summed E-state index contributed by atoms with van der Waals surface area (Å²) in [5.74, 6) is -0.195. The van der Waals surface area contributed by atoms with Crippen LogP contribution in [-0.4, -0.2) is 59.4 Å². The van der Waals surface area contributed by atoms with E-state index >= 15 is 0 Å². The van der Waals surface area contributed by atoms with Crippen LogP contribution in [0.1, 0.15) is 21.7 Å². The first-order valence-electron chi connectivity index (χ1n) is 11.5. The van der Waals surface area contributed by atoms with Crippen molar-refractivity contribution in [2.24, 2.45) is 4.99 Å². The molecule has 0 bridgehead atoms. The predicted molar refractivity (Wildman–Crippen MR) is 145 cm³/mol. The highest BCUT2D eigenvalue weighted by Gasteiger charge is 2.14. The predicted octanol–water partition coefficient (Wildman–Crippen LogP) is 4.67. The zero-order valence-electron chi connectivity index (χ0n) is 19.7. The van der Waals surface area contributed by atoms with Gasteiger partial charge in [0.15, 0.2) is 0 Å². The summed E-state index contributed by atoms with van der Waals surface area (Å²) in [4.78, 5) is 29.6. The fraction of sp³-hybridized carbons (Fsp3) is 0.222. The van der Waals surface area contributed by atoms with Gasteiger partial charge < -0.3 is 14.9 Å². The topological polar surface area (TPSA) is 84.8 Å². The van der Waals surface area contributed by atoms with E-state index < -0.39 is 0 Å². The molecule has 1 saturated heterocycles. The third-order valence-electron chi connectivity index (χ3n) is 6.34. The molecule has 2 N–H and O–H groups in total. The maximum Gasteiger partial charge on any atom is 0.258 e. The Morgan fingerprint density at radius 2 is 1.83 bits per heavy atom. The number of aromatic amines is 1. The van der Waals surface area contributed by atoms with Crippen molar-refractivity contribution in [3.8, 4) is 5.88 Å². The minimum atomic E-state index is -0.333. The van der Waals surface area contributed by atoms with E-state index in [0.717, 1.165) is 48.0 Å². The molecule has 0 radical (unpaired) electrons. The lowest BCUT2D eigenvalue weighted by Crippen LogP contribution is -2.44. The zero-order valence-corrected chi connectivity index (χ0v) is 20.5. The van der Waals surface area contributed by atoms with E-state index in [2.05, 4.69) is 43.9 Å². The number of H-pyrrole nitrogens is 1. The molecular formula is C27H27N5O2S. The molecule has 3 heterocycles. The molecule has 5 rings (SSSR count). The van der Waals surface area contributed by atoms with Crippen molar-refractivity contribution in [2.45, 2.75) is 6.92 Å². The largest absolute Gasteiger partial charge is 0.494 e. The van der Waals surface area contributed by atoms with Crippen LogP contribution in [0, 0.1) is 6.92 Å². The molecule has 0 amide bonds. The number of aliphatic imine (C=N–C) groups is 1. The molecule has 0 unspecified atom stereocenters. The van der Waals surface area contributed by atoms with Gasteiger partial charge in [-0.15, -0.1) is 11.3 Å². The van der Waals surface area contributed by atoms with E-state index in [1.807, 2.05) is 48.9 Å². The molecule has 0 saturated carbocycles. The fourth-order valence-electron chi connectivity index (χ4n) is 4.18. The number of benzene rings is 2. The highest BCUT2D eigenvalue weighted by Crippen LogP contribution is 2.26. The molecule has 1 fully saturated rings. The van der Waals surface area contributed by atoms with Gasteiger partial charge in [0.1, 0.15) is 0 Å². The van der Waals surface area contributed by atoms with Gasteiger partial charge >= 0.3 is 0 Å². The van der Waals surface area contributed by atoms with Crippen LogP contribution in [0.5, 0.6) is 5.88 Å². The standard InChI is InChI=1S/C27H27N5O2S/c1-18-25(35-17-29-18)10-4-19-3-9-22-23(15-19)24(27(34)30-26(22)33)16-28-20-5-7-21(8-6-20)32-13-11-31(2)12-14-32/h3-10,15-17H,11-14H2,1-2H3,(H2,30,33,34)/b10-4+,28-16?. The van der Waals surface area contributed by atoms with Crippen LogP contribution in [0.3, 0.4) is 0 Å². The first-order chi connectivity index (χ1) is 17.0. The molecule has 2 aromatic carbocycles. The number of hydrogen-bond donors (Lipinski definition) is 2. The highest BCUT2D eigenvalue weighted by atomic mass is 32.1. The minimum Gasteiger partial charge on any atom is -0.494 e. The molecule has 1 aliphatic rings. The average molecular weight is 486 g/mol. The number of thiazole rings is 1. The third-order valence-corrected chi connectivity index (χ3v) is 7.23. The summed E-state index contributed by atoms with van der Waals surface area (Å²) < 4.78 is 0. The second-order valence-corrected chi connectivity index (χ2v) is 9.61. The molecular weight excluding hydrogens is 458 g/mol. The van der Waals surface area contributed by atoms with Crippen molar-refractivity contribution >= 4 is 51.9 Å². The summed E-state index contributed by atoms with van der Waals surface area (Å²) in [5, 5.41) is 11.7. The number of rotatable bonds is 5. The van der Waals surface area contributed by atoms with Gasteiger partial charge in [0.25, 0.3) is 5.56 Å². The van der Waals surface area contributed by atoms with E-state index in [1.54, 1.807) is 23.6 Å². The van der Waals surface area contributed by atoms with Gasteiger partial charge in [-0.2, -0.15) is 0 Å². The Balaban J connectivity index is 1.43. The molecule has 4 aromatic rings. The zero-order chi connectivity index (χ0) is 24.4. The van der Waals surface area contributed by atoms with Gasteiger partial charge in [0.2, 0.25) is 5.88 Å². The Morgan fingerprint density at radius 3 is 2.54 bits per heavy atom. The first-order valence-corrected chi connectivity index (χ1v) is 12.4. The van der Waals surface area contributed by atoms with E-state index in [9.17, 15) is 9.90 Å². The van der Waals surface area contributed by atoms with Crippen molar-refractivity contribution in [2.75, 3.05) is 38.1 Å². The fourth-order valence-corrected chi connectivity index (χ4v) is 4.88. The average Bonchev–Trinajstić information content (AvgIpc) is 3.28. The quantitative estimate of drug-likeness (QED) is 0.401. The molecule has 35 heavy (non-hydrogen) atoms. The normalized spacial score (nSPS) is 15.1. The number of nitrogens with one attached hydrogen (secondary N) is 1. The molecule has 2 aromatic heterocycles. The van der Waals surface area contributed by atoms with Crippen molar-refractivity contribution in [3.63, 3.8) is 0 Å². The van der Waals surface area contributed by atoms with Crippen LogP contribution >= 0.6 is 11.3 Å². The maximum atomic E-state index is 12.4. The number of pyridine rings is 1. The van der Waals surface area contributed by atoms with Gasteiger partial charge in [-0.25, -0.2) is 4.98 Å². The molecule has 8 heteroatoms. The van der Waals surface area contributed by atoms with Crippen LogP contribution < -0.4 is 10.5 Å². The Labute approximate surface area is 207 Å². The third kappa shape index (κ3) is 5.03. The van der Waals surface area contributed by atoms with Gasteiger partial charge in [0.05, 0.1) is 22.5 Å². The summed E-state index contributed by atoms with van der Waals surface area (Å²) in [6.07, 6.45) is 5.60. The van der Waals surface area contributed by atoms with Crippen LogP contribution in [0.4, 0.5) is 11.4 Å². The molecule has 178 valence electrons. The van der Waals surface area contributed by atoms with Gasteiger partial charge in [-0.3, -0.25) is 14.8 Å². The van der Waals surface area contributed by atoms with Crippen molar-refractivity contribution in [1.82, 2.24) is 14.9 Å². The first kappa shape index (κ1) is 23.0. The van der Waals surface area contributed by atoms with Crippen LogP contribution in [0.2, 0.25) is 0 Å². The minimum absolute atomic E-state index is 0.195. The summed E-state index contributed by atoms with van der Waals surface area (Å²) in [5.41, 5.74) is 5.82. The number of hydrogen-bond acceptors (Lipinski definition) is 7. The van der Waals surface area contributed by atoms with Crippen molar-refractivity contribution in [1.29, 1.82) is 0 Å². The summed E-state index contributed by atoms with van der Waals surface area (Å²) in [6.45, 7) is 6.10. The van der Waals surface area contributed by atoms with E-state index in [4.69, 9.17) is 0 Å². The smallest absolute Gasteiger partial charge is 0.258 e. The van der Waals surface area contributed by atoms with Crippen LogP contribution in [-0.2, 0) is 0 Å². The Morgan fingerprint density at radius 1 is 1.06 bits per heavy atom. The Bertz CT molecular complexity index is 1460. The number of fused-ring (bicyclic) bond motifs is 1. The summed E-state index contributed by atoms with van der Waals surface area (Å²) >= 11 is 1.58. The van der Waals surface area contributed by atoms with E-state index in [1.165, 1.54) is 5.69 Å². The number of likely N-dealkylation sites (N-methyl/N-ethyl adjacent to an activating group) is 1. The number of anilines is 1. The Hall–Kier alpha value is -3.75. The maximum absolute atomic E-state index is 12.4. The molecule has 1 aliphatic heterocycles. The summed E-state index contributed by atoms with van der Waals surface area (Å²) in [7, 11) is 2.15. The number of nitrogens with zero attached hydrogens (tertiary/aromatic N) is 4. The van der Waals surface area contributed by atoms with Gasteiger partial charge in [-0.1, -0.05) is 12.1 Å². The second-order valence-electron chi connectivity index (χ2n) is 8.72. The van der Waals surface area contributed by atoms with Gasteiger partial charge in [0, 0.05) is 53.7 Å². The highest BCUT2D eigenvalue weighted by molar-refractivity contribution is 7.10. The van der Waals surface area contributed by atoms with Crippen molar-refractivity contribution < 1.29 is 5.11 Å². The number of piperazine rings is 1. The lowest BCUT2D eigenvalue weighted by atomic mass is 10.0. The van der Waals surface area contributed by atoms with E-state index in [-0.39, 0.29) is 11.4 Å². The van der Waals surface area contributed by atoms with Crippen molar-refractivity contribution in [3.05, 3.63) is 80.0 Å². The monoisotopic (exact) mass is 485 g/mol. The number of aromatic nitrogens is 2. The molecule has 0 spiro atoms. The number of aromatic hydroxyl groups is 1. The molecule has 7 nitrogen and oxygen atoms in total. The summed E-state index contributed by atoms with van der Waals surface area (Å²) in [6, 6.07) is 13.7. The van der Waals surface area contributed by atoms with E-state index in [0.29, 0.717) is 16.3 Å². The Kier molecular flexibility index (Phi) is 6.48.